The van der Waals surface area contributed by atoms with Gasteiger partial charge in [0.2, 0.25) is 5.91 Å². The third-order valence-corrected chi connectivity index (χ3v) is 3.57. The molecule has 2 aromatic rings. The molecule has 0 spiro atoms. The third-order valence-electron chi connectivity index (χ3n) is 2.37. The molecular formula is C12H12ClN3OS. The molecule has 2 heterocycles. The monoisotopic (exact) mass is 281 g/mol. The zero-order valence-electron chi connectivity index (χ0n) is 9.68. The fourth-order valence-corrected chi connectivity index (χ4v) is 2.38. The van der Waals surface area contributed by atoms with Gasteiger partial charge < -0.3 is 5.32 Å². The Morgan fingerprint density at radius 3 is 3.06 bits per heavy atom. The normalized spacial score (nSPS) is 12.8. The van der Waals surface area contributed by atoms with E-state index in [1.165, 1.54) is 17.4 Å². The maximum atomic E-state index is 11.7. The average molecular weight is 282 g/mol. The molecule has 94 valence electrons. The van der Waals surface area contributed by atoms with Gasteiger partial charge in [-0.2, -0.15) is 5.10 Å². The van der Waals surface area contributed by atoms with Gasteiger partial charge in [0, 0.05) is 22.7 Å². The van der Waals surface area contributed by atoms with Crippen molar-refractivity contribution in [3.63, 3.8) is 0 Å². The van der Waals surface area contributed by atoms with Gasteiger partial charge in [0.15, 0.2) is 0 Å². The van der Waals surface area contributed by atoms with Crippen LogP contribution in [0.4, 0.5) is 0 Å². The average Bonchev–Trinajstić information content (AvgIpc) is 2.97. The Morgan fingerprint density at radius 1 is 1.61 bits per heavy atom. The van der Waals surface area contributed by atoms with Crippen molar-refractivity contribution in [3.8, 4) is 0 Å². The molecule has 0 aliphatic heterocycles. The quantitative estimate of drug-likeness (QED) is 0.847. The summed E-state index contributed by atoms with van der Waals surface area (Å²) in [4.78, 5) is 12.6. The van der Waals surface area contributed by atoms with Crippen LogP contribution in [0.2, 0.25) is 4.34 Å². The van der Waals surface area contributed by atoms with Gasteiger partial charge in [-0.1, -0.05) is 11.6 Å². The fraction of sp³-hybridized carbons (Fsp3) is 0.167. The maximum absolute atomic E-state index is 11.7. The van der Waals surface area contributed by atoms with Gasteiger partial charge in [-0.25, -0.2) is 0 Å². The number of carbonyl (C=O) groups excluding carboxylic acids is 1. The van der Waals surface area contributed by atoms with Crippen LogP contribution in [0.3, 0.4) is 0 Å². The lowest BCUT2D eigenvalue weighted by atomic mass is 10.2. The number of amides is 1. The first-order valence-electron chi connectivity index (χ1n) is 5.38. The second-order valence-electron chi connectivity index (χ2n) is 3.74. The van der Waals surface area contributed by atoms with E-state index in [0.29, 0.717) is 4.34 Å². The molecule has 0 radical (unpaired) electrons. The van der Waals surface area contributed by atoms with Crippen LogP contribution in [0, 0.1) is 0 Å². The van der Waals surface area contributed by atoms with Crippen LogP contribution in [0.15, 0.2) is 30.6 Å². The highest BCUT2D eigenvalue weighted by atomic mass is 35.5. The second kappa shape index (κ2) is 5.84. The Morgan fingerprint density at radius 2 is 2.44 bits per heavy atom. The molecule has 0 aromatic carbocycles. The number of nitrogens with zero attached hydrogens (tertiary/aromatic N) is 1. The molecule has 6 heteroatoms. The van der Waals surface area contributed by atoms with Crippen LogP contribution < -0.4 is 5.32 Å². The molecule has 0 saturated carbocycles. The number of hydrogen-bond donors (Lipinski definition) is 2. The summed E-state index contributed by atoms with van der Waals surface area (Å²) in [6, 6.07) is 3.60. The van der Waals surface area contributed by atoms with E-state index in [9.17, 15) is 4.79 Å². The molecule has 1 atom stereocenters. The molecule has 2 N–H and O–H groups in total. The van der Waals surface area contributed by atoms with Crippen molar-refractivity contribution >= 4 is 34.9 Å². The van der Waals surface area contributed by atoms with E-state index in [4.69, 9.17) is 11.6 Å². The Hall–Kier alpha value is -1.59. The zero-order valence-corrected chi connectivity index (χ0v) is 11.3. The second-order valence-corrected chi connectivity index (χ2v) is 5.48. The van der Waals surface area contributed by atoms with E-state index >= 15 is 0 Å². The molecule has 0 aliphatic rings. The Kier molecular flexibility index (Phi) is 4.17. The Balaban J connectivity index is 1.91. The topological polar surface area (TPSA) is 57.8 Å². The lowest BCUT2D eigenvalue weighted by Crippen LogP contribution is -2.24. The first kappa shape index (κ1) is 12.9. The number of rotatable bonds is 4. The van der Waals surface area contributed by atoms with Crippen molar-refractivity contribution in [3.05, 3.63) is 45.4 Å². The van der Waals surface area contributed by atoms with Crippen molar-refractivity contribution in [1.29, 1.82) is 0 Å². The minimum Gasteiger partial charge on any atom is -0.346 e. The first-order valence-corrected chi connectivity index (χ1v) is 6.57. The lowest BCUT2D eigenvalue weighted by Gasteiger charge is -2.09. The van der Waals surface area contributed by atoms with Gasteiger partial charge in [-0.05, 0) is 25.1 Å². The van der Waals surface area contributed by atoms with Crippen LogP contribution in [-0.4, -0.2) is 16.1 Å². The number of carbonyl (C=O) groups is 1. The van der Waals surface area contributed by atoms with E-state index in [1.54, 1.807) is 24.5 Å². The number of halogens is 1. The predicted octanol–water partition coefficient (Wildman–Crippen LogP) is 3.02. The van der Waals surface area contributed by atoms with Crippen molar-refractivity contribution < 1.29 is 4.79 Å². The minimum atomic E-state index is -0.145. The molecule has 0 fully saturated rings. The largest absolute Gasteiger partial charge is 0.346 e. The van der Waals surface area contributed by atoms with Crippen molar-refractivity contribution in [2.24, 2.45) is 0 Å². The SMILES string of the molecule is CC(NC(=O)/C=C/c1ccc(Cl)s1)c1cn[nH]c1. The highest BCUT2D eigenvalue weighted by Gasteiger charge is 2.07. The number of aromatic amines is 1. The lowest BCUT2D eigenvalue weighted by molar-refractivity contribution is -0.117. The van der Waals surface area contributed by atoms with Crippen LogP contribution in [0.1, 0.15) is 23.4 Å². The molecule has 2 rings (SSSR count). The smallest absolute Gasteiger partial charge is 0.244 e. The fourth-order valence-electron chi connectivity index (χ4n) is 1.42. The predicted molar refractivity (Wildman–Crippen MR) is 73.5 cm³/mol. The standard InChI is InChI=1S/C12H12ClN3OS/c1-8(9-6-14-15-7-9)16-12(17)5-3-10-2-4-11(13)18-10/h2-8H,1H3,(H,14,15)(H,16,17)/b5-3+. The molecule has 4 nitrogen and oxygen atoms in total. The molecule has 18 heavy (non-hydrogen) atoms. The van der Waals surface area contributed by atoms with Gasteiger partial charge in [0.25, 0.3) is 0 Å². The molecule has 0 bridgehead atoms. The number of aromatic nitrogens is 2. The molecule has 2 aromatic heterocycles. The van der Waals surface area contributed by atoms with Crippen molar-refractivity contribution in [2.75, 3.05) is 0 Å². The first-order chi connectivity index (χ1) is 8.65. The minimum absolute atomic E-state index is 0.0761. The van der Waals surface area contributed by atoms with Gasteiger partial charge in [-0.15, -0.1) is 11.3 Å². The Labute approximate surface area is 114 Å². The molecular weight excluding hydrogens is 270 g/mol. The molecule has 1 unspecified atom stereocenters. The van der Waals surface area contributed by atoms with Gasteiger partial charge in [0.1, 0.15) is 0 Å². The van der Waals surface area contributed by atoms with Gasteiger partial charge >= 0.3 is 0 Å². The van der Waals surface area contributed by atoms with Gasteiger partial charge in [-0.3, -0.25) is 9.89 Å². The van der Waals surface area contributed by atoms with E-state index in [-0.39, 0.29) is 11.9 Å². The summed E-state index contributed by atoms with van der Waals surface area (Å²) < 4.78 is 0.710. The zero-order chi connectivity index (χ0) is 13.0. The highest BCUT2D eigenvalue weighted by Crippen LogP contribution is 2.22. The van der Waals surface area contributed by atoms with E-state index in [1.807, 2.05) is 13.0 Å². The summed E-state index contributed by atoms with van der Waals surface area (Å²) in [6.07, 6.45) is 6.69. The summed E-state index contributed by atoms with van der Waals surface area (Å²) >= 11 is 7.23. The number of hydrogen-bond acceptors (Lipinski definition) is 3. The molecule has 1 amide bonds. The summed E-state index contributed by atoms with van der Waals surface area (Å²) in [5.74, 6) is -0.145. The van der Waals surface area contributed by atoms with Crippen molar-refractivity contribution in [1.82, 2.24) is 15.5 Å². The summed E-state index contributed by atoms with van der Waals surface area (Å²) in [7, 11) is 0. The third kappa shape index (κ3) is 3.45. The Bertz CT molecular complexity index is 547. The summed E-state index contributed by atoms with van der Waals surface area (Å²) in [5, 5.41) is 9.40. The van der Waals surface area contributed by atoms with Crippen LogP contribution in [0.25, 0.3) is 6.08 Å². The van der Waals surface area contributed by atoms with Gasteiger partial charge in [0.05, 0.1) is 16.6 Å². The van der Waals surface area contributed by atoms with E-state index in [2.05, 4.69) is 15.5 Å². The van der Waals surface area contributed by atoms with E-state index < -0.39 is 0 Å². The van der Waals surface area contributed by atoms with Crippen LogP contribution in [0.5, 0.6) is 0 Å². The highest BCUT2D eigenvalue weighted by molar-refractivity contribution is 7.17. The maximum Gasteiger partial charge on any atom is 0.244 e. The molecule has 0 saturated heterocycles. The van der Waals surface area contributed by atoms with E-state index in [0.717, 1.165) is 10.4 Å². The van der Waals surface area contributed by atoms with Crippen molar-refractivity contribution in [2.45, 2.75) is 13.0 Å². The number of H-pyrrole nitrogens is 1. The van der Waals surface area contributed by atoms with Crippen LogP contribution in [-0.2, 0) is 4.79 Å². The summed E-state index contributed by atoms with van der Waals surface area (Å²) in [5.41, 5.74) is 0.941. The molecule has 0 aliphatic carbocycles. The van der Waals surface area contributed by atoms with Crippen LogP contribution >= 0.6 is 22.9 Å². The number of thiophene rings is 1. The number of nitrogens with one attached hydrogen (secondary N) is 2. The summed E-state index contributed by atoms with van der Waals surface area (Å²) in [6.45, 7) is 1.90.